The zero-order valence-electron chi connectivity index (χ0n) is 11.0. The second kappa shape index (κ2) is 5.84. The molecular formula is C13H22N2O3. The van der Waals surface area contributed by atoms with Crippen molar-refractivity contribution in [2.24, 2.45) is 5.73 Å². The predicted octanol–water partition coefficient (Wildman–Crippen LogP) is 0.669. The fourth-order valence-corrected chi connectivity index (χ4v) is 2.53. The second-order valence-electron chi connectivity index (χ2n) is 4.90. The Bertz CT molecular complexity index is 378. The van der Waals surface area contributed by atoms with E-state index < -0.39 is 0 Å². The fourth-order valence-electron chi connectivity index (χ4n) is 2.53. The van der Waals surface area contributed by atoms with Crippen LogP contribution in [0.1, 0.15) is 24.5 Å². The van der Waals surface area contributed by atoms with E-state index in [9.17, 15) is 5.11 Å². The van der Waals surface area contributed by atoms with Crippen LogP contribution in [0.25, 0.3) is 0 Å². The molecule has 2 rings (SSSR count). The van der Waals surface area contributed by atoms with Crippen LogP contribution >= 0.6 is 0 Å². The summed E-state index contributed by atoms with van der Waals surface area (Å²) in [7, 11) is 0. The van der Waals surface area contributed by atoms with E-state index >= 15 is 0 Å². The highest BCUT2D eigenvalue weighted by Gasteiger charge is 2.33. The minimum absolute atomic E-state index is 0.0137. The Labute approximate surface area is 108 Å². The van der Waals surface area contributed by atoms with Crippen molar-refractivity contribution >= 4 is 0 Å². The summed E-state index contributed by atoms with van der Waals surface area (Å²) >= 11 is 0. The van der Waals surface area contributed by atoms with E-state index in [1.54, 1.807) is 0 Å². The number of nitrogens with two attached hydrogens (primary N) is 1. The Morgan fingerprint density at radius 2 is 2.33 bits per heavy atom. The van der Waals surface area contributed by atoms with Gasteiger partial charge in [0.25, 0.3) is 0 Å². The molecule has 0 saturated carbocycles. The van der Waals surface area contributed by atoms with Gasteiger partial charge < -0.3 is 20.0 Å². The maximum absolute atomic E-state index is 9.45. The number of rotatable bonds is 4. The lowest BCUT2D eigenvalue weighted by Gasteiger charge is -2.40. The molecule has 102 valence electrons. The second-order valence-corrected chi connectivity index (χ2v) is 4.90. The van der Waals surface area contributed by atoms with Crippen LogP contribution in [-0.2, 0) is 4.74 Å². The normalized spacial score (nSPS) is 25.0. The van der Waals surface area contributed by atoms with E-state index in [0.29, 0.717) is 13.2 Å². The number of furan rings is 1. The van der Waals surface area contributed by atoms with Gasteiger partial charge in [-0.3, -0.25) is 4.90 Å². The third kappa shape index (κ3) is 2.75. The van der Waals surface area contributed by atoms with E-state index in [4.69, 9.17) is 14.9 Å². The van der Waals surface area contributed by atoms with Crippen molar-refractivity contribution in [2.75, 3.05) is 26.4 Å². The standard InChI is InChI=1S/C13H22N2O3/c1-9-3-4-12(18-9)13(10(2)14)15-5-6-17-8-11(15)7-16/h3-4,10-11,13,16H,5-8,14H2,1-2H3. The highest BCUT2D eigenvalue weighted by molar-refractivity contribution is 5.12. The molecule has 1 aromatic heterocycles. The lowest BCUT2D eigenvalue weighted by atomic mass is 10.0. The van der Waals surface area contributed by atoms with E-state index in [0.717, 1.165) is 18.1 Å². The van der Waals surface area contributed by atoms with Crippen LogP contribution in [0.4, 0.5) is 0 Å². The third-order valence-corrected chi connectivity index (χ3v) is 3.39. The van der Waals surface area contributed by atoms with Crippen LogP contribution in [-0.4, -0.2) is 48.5 Å². The summed E-state index contributed by atoms with van der Waals surface area (Å²) in [6.45, 7) is 5.93. The number of ether oxygens (including phenoxy) is 1. The van der Waals surface area contributed by atoms with Gasteiger partial charge >= 0.3 is 0 Å². The largest absolute Gasteiger partial charge is 0.465 e. The number of aliphatic hydroxyl groups is 1. The molecule has 3 unspecified atom stereocenters. The third-order valence-electron chi connectivity index (χ3n) is 3.39. The van der Waals surface area contributed by atoms with Crippen molar-refractivity contribution in [2.45, 2.75) is 32.0 Å². The molecule has 5 heteroatoms. The van der Waals surface area contributed by atoms with E-state index in [1.165, 1.54) is 0 Å². The highest BCUT2D eigenvalue weighted by atomic mass is 16.5. The summed E-state index contributed by atoms with van der Waals surface area (Å²) in [6, 6.07) is 3.81. The molecule has 2 heterocycles. The van der Waals surface area contributed by atoms with E-state index in [-0.39, 0.29) is 24.7 Å². The molecule has 0 radical (unpaired) electrons. The topological polar surface area (TPSA) is 71.9 Å². The summed E-state index contributed by atoms with van der Waals surface area (Å²) in [5, 5.41) is 9.45. The van der Waals surface area contributed by atoms with Gasteiger partial charge in [0.2, 0.25) is 0 Å². The molecule has 18 heavy (non-hydrogen) atoms. The minimum atomic E-state index is -0.0669. The Morgan fingerprint density at radius 1 is 1.56 bits per heavy atom. The summed E-state index contributed by atoms with van der Waals surface area (Å²) in [5.41, 5.74) is 6.10. The molecule has 1 fully saturated rings. The summed E-state index contributed by atoms with van der Waals surface area (Å²) in [4.78, 5) is 2.19. The van der Waals surface area contributed by atoms with Gasteiger partial charge in [-0.2, -0.15) is 0 Å². The zero-order valence-corrected chi connectivity index (χ0v) is 11.0. The Morgan fingerprint density at radius 3 is 2.89 bits per heavy atom. The van der Waals surface area contributed by atoms with Gasteiger partial charge in [0.05, 0.1) is 31.9 Å². The maximum atomic E-state index is 9.45. The fraction of sp³-hybridized carbons (Fsp3) is 0.692. The van der Waals surface area contributed by atoms with Crippen molar-refractivity contribution in [1.29, 1.82) is 0 Å². The molecule has 0 spiro atoms. The van der Waals surface area contributed by atoms with E-state index in [1.807, 2.05) is 26.0 Å². The number of morpholine rings is 1. The summed E-state index contributed by atoms with van der Waals surface area (Å²) in [6.07, 6.45) is 0. The number of aliphatic hydroxyl groups excluding tert-OH is 1. The number of hydrogen-bond acceptors (Lipinski definition) is 5. The van der Waals surface area contributed by atoms with Crippen molar-refractivity contribution in [3.63, 3.8) is 0 Å². The van der Waals surface area contributed by atoms with Crippen LogP contribution < -0.4 is 5.73 Å². The van der Waals surface area contributed by atoms with Gasteiger partial charge in [0.1, 0.15) is 11.5 Å². The number of nitrogens with zero attached hydrogens (tertiary/aromatic N) is 1. The van der Waals surface area contributed by atoms with Crippen LogP contribution in [0.5, 0.6) is 0 Å². The van der Waals surface area contributed by atoms with Gasteiger partial charge in [0, 0.05) is 12.6 Å². The first-order valence-corrected chi connectivity index (χ1v) is 6.39. The van der Waals surface area contributed by atoms with E-state index in [2.05, 4.69) is 4.90 Å². The molecule has 0 bridgehead atoms. The molecule has 1 saturated heterocycles. The van der Waals surface area contributed by atoms with Crippen molar-refractivity contribution in [1.82, 2.24) is 4.90 Å². The molecule has 1 aliphatic rings. The first-order valence-electron chi connectivity index (χ1n) is 6.39. The first-order chi connectivity index (χ1) is 8.63. The van der Waals surface area contributed by atoms with Crippen LogP contribution in [0.2, 0.25) is 0 Å². The molecular weight excluding hydrogens is 232 g/mol. The SMILES string of the molecule is Cc1ccc(C(C(C)N)N2CCOCC2CO)o1. The monoisotopic (exact) mass is 254 g/mol. The summed E-state index contributed by atoms with van der Waals surface area (Å²) in [5.74, 6) is 1.74. The molecule has 5 nitrogen and oxygen atoms in total. The Balaban J connectivity index is 2.23. The van der Waals surface area contributed by atoms with Crippen molar-refractivity contribution < 1.29 is 14.3 Å². The molecule has 3 atom stereocenters. The molecule has 1 aromatic rings. The highest BCUT2D eigenvalue weighted by Crippen LogP contribution is 2.28. The minimum Gasteiger partial charge on any atom is -0.465 e. The van der Waals surface area contributed by atoms with Gasteiger partial charge in [-0.15, -0.1) is 0 Å². The molecule has 1 aliphatic heterocycles. The van der Waals surface area contributed by atoms with Crippen LogP contribution in [0.3, 0.4) is 0 Å². The lowest BCUT2D eigenvalue weighted by Crippen LogP contribution is -2.52. The average molecular weight is 254 g/mol. The molecule has 3 N–H and O–H groups in total. The van der Waals surface area contributed by atoms with Gasteiger partial charge in [0.15, 0.2) is 0 Å². The quantitative estimate of drug-likeness (QED) is 0.826. The van der Waals surface area contributed by atoms with Crippen molar-refractivity contribution in [3.8, 4) is 0 Å². The van der Waals surface area contributed by atoms with Gasteiger partial charge in [-0.1, -0.05) is 0 Å². The number of hydrogen-bond donors (Lipinski definition) is 2. The van der Waals surface area contributed by atoms with Gasteiger partial charge in [-0.05, 0) is 26.0 Å². The van der Waals surface area contributed by atoms with Crippen LogP contribution in [0.15, 0.2) is 16.5 Å². The maximum Gasteiger partial charge on any atom is 0.122 e. The van der Waals surface area contributed by atoms with Crippen LogP contribution in [0, 0.1) is 6.92 Å². The predicted molar refractivity (Wildman–Crippen MR) is 68.2 cm³/mol. The Kier molecular flexibility index (Phi) is 4.40. The zero-order chi connectivity index (χ0) is 13.1. The summed E-state index contributed by atoms with van der Waals surface area (Å²) < 4.78 is 11.1. The molecule has 0 aromatic carbocycles. The lowest BCUT2D eigenvalue weighted by molar-refractivity contribution is -0.0554. The smallest absolute Gasteiger partial charge is 0.122 e. The molecule has 0 aliphatic carbocycles. The average Bonchev–Trinajstić information content (AvgIpc) is 2.76. The number of aryl methyl sites for hydroxylation is 1. The first kappa shape index (κ1) is 13.5. The molecule has 0 amide bonds. The Hall–Kier alpha value is -0.880. The van der Waals surface area contributed by atoms with Crippen molar-refractivity contribution in [3.05, 3.63) is 23.7 Å². The van der Waals surface area contributed by atoms with Gasteiger partial charge in [-0.25, -0.2) is 0 Å².